The zero-order valence-electron chi connectivity index (χ0n) is 40.2. The number of ketones is 1. The number of ether oxygens (including phenoxy) is 2. The number of aromatic nitrogens is 4. The Morgan fingerprint density at radius 3 is 1.62 bits per heavy atom. The number of nitrogens with zero attached hydrogens (tertiary/aromatic N) is 4. The fourth-order valence-electron chi connectivity index (χ4n) is 6.89. The third-order valence-electron chi connectivity index (χ3n) is 10.2. The first-order valence-corrected chi connectivity index (χ1v) is 24.6. The van der Waals surface area contributed by atoms with Gasteiger partial charge < -0.3 is 62.6 Å². The highest BCUT2D eigenvalue weighted by atomic mass is 32.2. The summed E-state index contributed by atoms with van der Waals surface area (Å²) in [6.07, 6.45) is 2.51. The van der Waals surface area contributed by atoms with Gasteiger partial charge in [0.15, 0.2) is 0 Å². The van der Waals surface area contributed by atoms with Crippen molar-refractivity contribution in [1.29, 1.82) is 0 Å². The second-order valence-electron chi connectivity index (χ2n) is 18.4. The zero-order chi connectivity index (χ0) is 53.2. The van der Waals surface area contributed by atoms with Crippen LogP contribution in [0.5, 0.6) is 11.9 Å². The van der Waals surface area contributed by atoms with E-state index >= 15 is 4.79 Å². The molecule has 1 fully saturated rings. The number of hydrogen-bond acceptors (Lipinski definition) is 19. The van der Waals surface area contributed by atoms with E-state index in [1.165, 1.54) is 18.5 Å². The molecule has 1 aliphatic carbocycles. The van der Waals surface area contributed by atoms with Gasteiger partial charge in [0.1, 0.15) is 60.1 Å². The lowest BCUT2D eigenvalue weighted by Crippen LogP contribution is -2.50. The van der Waals surface area contributed by atoms with E-state index in [0.717, 1.165) is 23.5 Å². The summed E-state index contributed by atoms with van der Waals surface area (Å²) in [6, 6.07) is -2.52. The number of aliphatic carboxylic acids is 4. The molecule has 8 atom stereocenters. The first-order valence-electron chi connectivity index (χ1n) is 22.5. The van der Waals surface area contributed by atoms with Crippen LogP contribution < -0.4 is 42.2 Å². The number of carbonyl (C=O) groups excluding carboxylic acids is 5. The molecule has 0 saturated heterocycles. The van der Waals surface area contributed by atoms with Crippen molar-refractivity contribution >= 4 is 76.8 Å². The van der Waals surface area contributed by atoms with Gasteiger partial charge in [-0.15, -0.1) is 23.5 Å². The molecule has 25 nitrogen and oxygen atoms in total. The van der Waals surface area contributed by atoms with Gasteiger partial charge in [-0.1, -0.05) is 6.42 Å². The molecule has 0 bridgehead atoms. The number of thioether (sulfide) groups is 2. The summed E-state index contributed by atoms with van der Waals surface area (Å²) >= 11 is 2.08. The lowest BCUT2D eigenvalue weighted by molar-refractivity contribution is -0.140. The first kappa shape index (κ1) is 59.1. The van der Waals surface area contributed by atoms with Crippen LogP contribution in [0.2, 0.25) is 0 Å². The summed E-state index contributed by atoms with van der Waals surface area (Å²) in [5.74, 6) is -11.1. The second-order valence-corrected chi connectivity index (χ2v) is 20.8. The molecule has 4 unspecified atom stereocenters. The number of amides is 4. The van der Waals surface area contributed by atoms with Gasteiger partial charge in [-0.3, -0.25) is 43.2 Å². The summed E-state index contributed by atoms with van der Waals surface area (Å²) in [4.78, 5) is 132. The number of hydrogen-bond donors (Lipinski definition) is 10. The summed E-state index contributed by atoms with van der Waals surface area (Å²) in [7, 11) is 0. The lowest BCUT2D eigenvalue weighted by Gasteiger charge is -2.36. The molecule has 27 heteroatoms. The van der Waals surface area contributed by atoms with Crippen molar-refractivity contribution in [3.63, 3.8) is 0 Å². The molecule has 1 saturated carbocycles. The summed E-state index contributed by atoms with van der Waals surface area (Å²) < 4.78 is 12.0. The Morgan fingerprint density at radius 2 is 1.15 bits per heavy atom. The number of rotatable bonds is 28. The van der Waals surface area contributed by atoms with Crippen LogP contribution in [0.3, 0.4) is 0 Å². The van der Waals surface area contributed by atoms with Crippen LogP contribution in [-0.2, 0) is 43.2 Å². The molecule has 392 valence electrons. The first-order chi connectivity index (χ1) is 33.1. The lowest BCUT2D eigenvalue weighted by atomic mass is 9.76. The van der Waals surface area contributed by atoms with Crippen molar-refractivity contribution in [2.45, 2.75) is 132 Å². The maximum Gasteiger partial charge on any atom is 0.322 e. The van der Waals surface area contributed by atoms with Gasteiger partial charge in [-0.2, -0.15) is 9.97 Å². The van der Waals surface area contributed by atoms with Gasteiger partial charge in [0.25, 0.3) is 0 Å². The Labute approximate surface area is 417 Å². The van der Waals surface area contributed by atoms with Gasteiger partial charge >= 0.3 is 29.9 Å². The molecule has 2 aromatic heterocycles. The molecule has 2 aromatic rings. The predicted octanol–water partition coefficient (Wildman–Crippen LogP) is 0.611. The van der Waals surface area contributed by atoms with Crippen molar-refractivity contribution in [1.82, 2.24) is 41.2 Å². The molecular formula is C44H64N10O15S2. The Balaban J connectivity index is 2.14. The molecule has 1 aliphatic rings. The Hall–Kier alpha value is -6.19. The van der Waals surface area contributed by atoms with Gasteiger partial charge in [0.2, 0.25) is 29.5 Å². The van der Waals surface area contributed by atoms with Crippen LogP contribution >= 0.6 is 23.5 Å². The molecule has 2 heterocycles. The molecular weight excluding hydrogens is 973 g/mol. The van der Waals surface area contributed by atoms with Crippen LogP contribution in [0, 0.1) is 11.8 Å². The van der Waals surface area contributed by atoms with Crippen molar-refractivity contribution in [2.24, 2.45) is 23.3 Å². The Morgan fingerprint density at radius 1 is 0.690 bits per heavy atom. The van der Waals surface area contributed by atoms with Gasteiger partial charge in [0.05, 0.1) is 16.2 Å². The van der Waals surface area contributed by atoms with E-state index in [2.05, 4.69) is 41.2 Å². The smallest absolute Gasteiger partial charge is 0.322 e. The maximum absolute atomic E-state index is 15.3. The molecule has 0 aliphatic heterocycles. The minimum absolute atomic E-state index is 0.0315. The van der Waals surface area contributed by atoms with E-state index < -0.39 is 125 Å². The van der Waals surface area contributed by atoms with E-state index in [1.54, 1.807) is 47.6 Å². The fraction of sp³-hybridized carbons (Fsp3) is 0.614. The highest BCUT2D eigenvalue weighted by molar-refractivity contribution is 7.99. The van der Waals surface area contributed by atoms with E-state index in [4.69, 9.17) is 20.9 Å². The largest absolute Gasteiger partial charge is 0.480 e. The highest BCUT2D eigenvalue weighted by Gasteiger charge is 2.44. The number of carbonyl (C=O) groups is 9. The highest BCUT2D eigenvalue weighted by Crippen LogP contribution is 2.48. The normalized spacial score (nSPS) is 17.5. The SMILES string of the molecule is CC(C)(C)Oc1ccnc(C(SC[C@H](NC(=O)CC[C@@H](N)C(=O)O)C(=O)NCC(=O)O)C2CCCC(C(SC[C@H](NC(=O)CC[C@H](N)C(=O)O)C(=O)NCC(=O)O)c3ccnc(OC(C)(C)C)n3)C2=O)n1. The van der Waals surface area contributed by atoms with Crippen LogP contribution in [0.15, 0.2) is 24.5 Å². The minimum Gasteiger partial charge on any atom is -0.480 e. The predicted molar refractivity (Wildman–Crippen MR) is 256 cm³/mol. The molecule has 0 radical (unpaired) electrons. The maximum atomic E-state index is 15.3. The Kier molecular flexibility index (Phi) is 22.8. The van der Waals surface area contributed by atoms with Crippen LogP contribution in [0.25, 0.3) is 0 Å². The number of Topliss-reactive ketones (excluding diaryl/α,β-unsaturated/α-hetero) is 1. The van der Waals surface area contributed by atoms with Crippen LogP contribution in [0.4, 0.5) is 0 Å². The van der Waals surface area contributed by atoms with E-state index in [1.807, 2.05) is 0 Å². The minimum atomic E-state index is -1.41. The van der Waals surface area contributed by atoms with E-state index in [0.29, 0.717) is 12.1 Å². The van der Waals surface area contributed by atoms with Crippen molar-refractivity contribution < 1.29 is 73.1 Å². The standard InChI is InChI=1S/C44H64N10O15S2/c1-43(2,3)68-31-15-17-47-37(54-31)36(71-21-28(39(63)50-19-33(59)60)52-30(56)13-11-25(46)41(66)67)23-9-7-8-22(34(23)61)35(26-14-16-48-42(53-26)69-44(4,5)6)70-20-27(38(62)49-18-32(57)58)51-29(55)12-10-24(45)40(64)65/h14-17,22-25,27-28,35-36H,7-13,18-21,45-46H2,1-6H3,(H,49,62)(H,50,63)(H,51,55)(H,52,56)(H,57,58)(H,59,60)(H,64,65)(H,66,67)/t22?,23?,24-,25+,27-,28-,35?,36?/m0/s1. The number of carboxylic acids is 4. The van der Waals surface area contributed by atoms with Crippen LogP contribution in [0.1, 0.15) is 109 Å². The quantitative estimate of drug-likeness (QED) is 0.0558. The van der Waals surface area contributed by atoms with Crippen molar-refractivity contribution in [3.05, 3.63) is 36.0 Å². The number of nitrogens with two attached hydrogens (primary N) is 2. The zero-order valence-corrected chi connectivity index (χ0v) is 41.9. The topological polar surface area (TPSA) is 405 Å². The van der Waals surface area contributed by atoms with Crippen molar-refractivity contribution in [2.75, 3.05) is 24.6 Å². The number of carboxylic acid groups (broad SMARTS) is 4. The Bertz CT molecular complexity index is 2080. The summed E-state index contributed by atoms with van der Waals surface area (Å²) in [6.45, 7) is 9.14. The molecule has 0 aromatic carbocycles. The average molecular weight is 1040 g/mol. The number of nitrogens with one attached hydrogen (secondary N) is 4. The summed E-state index contributed by atoms with van der Waals surface area (Å²) in [5.41, 5.74) is 10.0. The second kappa shape index (κ2) is 27.4. The van der Waals surface area contributed by atoms with Gasteiger partial charge in [0, 0.05) is 54.6 Å². The van der Waals surface area contributed by atoms with Gasteiger partial charge in [-0.05, 0) is 73.3 Å². The van der Waals surface area contributed by atoms with Crippen LogP contribution in [-0.4, -0.2) is 154 Å². The van der Waals surface area contributed by atoms with Gasteiger partial charge in [-0.25, -0.2) is 9.97 Å². The third kappa shape index (κ3) is 21.0. The summed E-state index contributed by atoms with van der Waals surface area (Å²) in [5, 5.41) is 44.8. The third-order valence-corrected chi connectivity index (χ3v) is 13.0. The fourth-order valence-corrected chi connectivity index (χ4v) is 9.73. The molecule has 4 amide bonds. The van der Waals surface area contributed by atoms with Crippen molar-refractivity contribution in [3.8, 4) is 11.9 Å². The molecule has 0 spiro atoms. The molecule has 12 N–H and O–H groups in total. The van der Waals surface area contributed by atoms with E-state index in [-0.39, 0.29) is 67.1 Å². The average Bonchev–Trinajstić information content (AvgIpc) is 3.27. The monoisotopic (exact) mass is 1040 g/mol. The molecule has 71 heavy (non-hydrogen) atoms. The van der Waals surface area contributed by atoms with E-state index in [9.17, 15) is 58.8 Å². The molecule has 3 rings (SSSR count).